The van der Waals surface area contributed by atoms with Crippen molar-refractivity contribution in [2.24, 2.45) is 0 Å². The zero-order chi connectivity index (χ0) is 21.8. The van der Waals surface area contributed by atoms with Crippen LogP contribution >= 0.6 is 0 Å². The Morgan fingerprint density at radius 2 is 1.87 bits per heavy atom. The molecule has 3 heterocycles. The number of alkyl halides is 3. The van der Waals surface area contributed by atoms with Gasteiger partial charge in [-0.15, -0.1) is 0 Å². The van der Waals surface area contributed by atoms with Crippen LogP contribution in [0.15, 0.2) is 36.4 Å². The Kier molecular flexibility index (Phi) is 4.82. The third kappa shape index (κ3) is 3.95. The molecule has 2 fully saturated rings. The summed E-state index contributed by atoms with van der Waals surface area (Å²) in [5.41, 5.74) is 1.19. The monoisotopic (exact) mass is 432 g/mol. The van der Waals surface area contributed by atoms with Gasteiger partial charge in [-0.1, -0.05) is 6.07 Å². The Bertz CT molecular complexity index is 1020. The van der Waals surface area contributed by atoms with Crippen LogP contribution in [0.2, 0.25) is 0 Å². The van der Waals surface area contributed by atoms with Crippen LogP contribution in [0.4, 0.5) is 24.5 Å². The van der Waals surface area contributed by atoms with Crippen LogP contribution in [0.3, 0.4) is 0 Å². The van der Waals surface area contributed by atoms with E-state index in [2.05, 4.69) is 27.5 Å². The number of rotatable bonds is 4. The molecule has 0 unspecified atom stereocenters. The third-order valence-corrected chi connectivity index (χ3v) is 6.31. The molecule has 2 aromatic carbocycles. The topological polar surface area (TPSA) is 56.8 Å². The molecule has 164 valence electrons. The minimum atomic E-state index is -4.44. The predicted molar refractivity (Wildman–Crippen MR) is 109 cm³/mol. The van der Waals surface area contributed by atoms with Gasteiger partial charge in [-0.3, -0.25) is 9.69 Å². The molecule has 3 aliphatic heterocycles. The van der Waals surface area contributed by atoms with Gasteiger partial charge in [-0.25, -0.2) is 0 Å². The molecule has 31 heavy (non-hydrogen) atoms. The van der Waals surface area contributed by atoms with Crippen molar-refractivity contribution in [2.45, 2.75) is 31.2 Å². The van der Waals surface area contributed by atoms with Crippen molar-refractivity contribution in [1.82, 2.24) is 15.1 Å². The molecule has 2 N–H and O–H groups in total. The molecule has 1 amide bonds. The van der Waals surface area contributed by atoms with E-state index in [1.165, 1.54) is 6.07 Å². The van der Waals surface area contributed by atoms with Crippen LogP contribution in [0.1, 0.15) is 17.5 Å². The van der Waals surface area contributed by atoms with Crippen molar-refractivity contribution in [3.63, 3.8) is 0 Å². The Hall–Kier alpha value is -2.78. The van der Waals surface area contributed by atoms with E-state index in [0.29, 0.717) is 42.3 Å². The molecule has 0 spiro atoms. The van der Waals surface area contributed by atoms with Crippen molar-refractivity contribution < 1.29 is 22.7 Å². The number of nitrogens with one attached hydrogen (secondary N) is 2. The van der Waals surface area contributed by atoms with Crippen LogP contribution in [0.5, 0.6) is 11.5 Å². The maximum absolute atomic E-state index is 13.0. The number of hydrogen-bond acceptors (Lipinski definition) is 5. The first-order valence-corrected chi connectivity index (χ1v) is 10.3. The number of hydrogen-bond donors (Lipinski definition) is 2. The zero-order valence-corrected chi connectivity index (χ0v) is 17.0. The molecule has 5 rings (SSSR count). The second-order valence-electron chi connectivity index (χ2n) is 8.46. The molecular formula is C22H23F3N4O2. The fourth-order valence-electron chi connectivity index (χ4n) is 4.60. The van der Waals surface area contributed by atoms with Crippen molar-refractivity contribution in [1.29, 1.82) is 0 Å². The summed E-state index contributed by atoms with van der Waals surface area (Å²) in [6.07, 6.45) is -3.31. The Labute approximate surface area is 178 Å². The summed E-state index contributed by atoms with van der Waals surface area (Å²) in [5.74, 6) is 0.517. The van der Waals surface area contributed by atoms with Gasteiger partial charge in [0.1, 0.15) is 0 Å². The number of nitrogens with zero attached hydrogens (tertiary/aromatic N) is 2. The summed E-state index contributed by atoms with van der Waals surface area (Å²) in [6.45, 7) is 2.63. The molecule has 3 aliphatic rings. The standard InChI is InChI=1S/C22H23F3N4O2/c1-28-10-16-8-15(28)11-29(16)12-21(30)26-9-13-2-4-17-19(6-13)31-20-7-14(22(23,24)25)3-5-18(20)27-17/h2-7,15-16,27H,8-12H2,1H3,(H,26,30)/t15-,16-/m0/s1. The van der Waals surface area contributed by atoms with Gasteiger partial charge in [0.25, 0.3) is 0 Å². The van der Waals surface area contributed by atoms with Gasteiger partial charge in [0.2, 0.25) is 5.91 Å². The number of ether oxygens (including phenoxy) is 1. The largest absolute Gasteiger partial charge is 0.453 e. The highest BCUT2D eigenvalue weighted by Gasteiger charge is 2.41. The number of carbonyl (C=O) groups is 1. The number of carbonyl (C=O) groups excluding carboxylic acids is 1. The maximum Gasteiger partial charge on any atom is 0.416 e. The summed E-state index contributed by atoms with van der Waals surface area (Å²) in [7, 11) is 2.12. The van der Waals surface area contributed by atoms with E-state index in [1.54, 1.807) is 12.1 Å². The van der Waals surface area contributed by atoms with E-state index in [0.717, 1.165) is 37.2 Å². The molecule has 2 atom stereocenters. The van der Waals surface area contributed by atoms with Crippen molar-refractivity contribution in [2.75, 3.05) is 32.0 Å². The number of amides is 1. The first-order valence-electron chi connectivity index (χ1n) is 10.3. The average molecular weight is 432 g/mol. The molecule has 2 saturated heterocycles. The second kappa shape index (κ2) is 7.42. The highest BCUT2D eigenvalue weighted by Crippen LogP contribution is 2.44. The minimum Gasteiger partial charge on any atom is -0.453 e. The quantitative estimate of drug-likeness (QED) is 0.660. The molecular weight excluding hydrogens is 409 g/mol. The Morgan fingerprint density at radius 1 is 1.13 bits per heavy atom. The number of likely N-dealkylation sites (N-methyl/N-ethyl adjacent to an activating group) is 1. The SMILES string of the molecule is CN1C[C@@H]2C[C@H]1CN2CC(=O)NCc1ccc2c(c1)Oc1cc(C(F)(F)F)ccc1N2. The Morgan fingerprint density at radius 3 is 2.55 bits per heavy atom. The van der Waals surface area contributed by atoms with Crippen LogP contribution in [0.25, 0.3) is 0 Å². The number of fused-ring (bicyclic) bond motifs is 4. The van der Waals surface area contributed by atoms with Crippen LogP contribution in [0, 0.1) is 0 Å². The van der Waals surface area contributed by atoms with Gasteiger partial charge < -0.3 is 20.3 Å². The molecule has 2 bridgehead atoms. The van der Waals surface area contributed by atoms with E-state index < -0.39 is 11.7 Å². The molecule has 0 aromatic heterocycles. The summed E-state index contributed by atoms with van der Waals surface area (Å²) < 4.78 is 44.7. The van der Waals surface area contributed by atoms with Gasteiger partial charge in [0, 0.05) is 31.7 Å². The van der Waals surface area contributed by atoms with Crippen LogP contribution in [-0.4, -0.2) is 54.5 Å². The smallest absolute Gasteiger partial charge is 0.416 e. The molecule has 0 radical (unpaired) electrons. The number of benzene rings is 2. The van der Waals surface area contributed by atoms with Crippen molar-refractivity contribution in [3.05, 3.63) is 47.5 Å². The summed E-state index contributed by atoms with van der Waals surface area (Å²) in [4.78, 5) is 17.0. The van der Waals surface area contributed by atoms with Gasteiger partial charge in [-0.2, -0.15) is 13.2 Å². The molecule has 9 heteroatoms. The normalized spacial score (nSPS) is 22.5. The summed E-state index contributed by atoms with van der Waals surface area (Å²) in [5, 5.41) is 6.02. The van der Waals surface area contributed by atoms with Gasteiger partial charge in [-0.05, 0) is 49.4 Å². The van der Waals surface area contributed by atoms with E-state index in [-0.39, 0.29) is 11.7 Å². The summed E-state index contributed by atoms with van der Waals surface area (Å²) >= 11 is 0. The highest BCUT2D eigenvalue weighted by atomic mass is 19.4. The minimum absolute atomic E-state index is 0.0351. The highest BCUT2D eigenvalue weighted by molar-refractivity contribution is 5.79. The maximum atomic E-state index is 13.0. The Balaban J connectivity index is 1.21. The summed E-state index contributed by atoms with van der Waals surface area (Å²) in [6, 6.07) is 9.75. The molecule has 6 nitrogen and oxygen atoms in total. The number of anilines is 2. The first-order chi connectivity index (χ1) is 14.8. The van der Waals surface area contributed by atoms with Crippen LogP contribution < -0.4 is 15.4 Å². The molecule has 0 aliphatic carbocycles. The fraction of sp³-hybridized carbons (Fsp3) is 0.409. The van der Waals surface area contributed by atoms with Gasteiger partial charge in [0.15, 0.2) is 11.5 Å². The lowest BCUT2D eigenvalue weighted by Crippen LogP contribution is -2.48. The van der Waals surface area contributed by atoms with E-state index >= 15 is 0 Å². The average Bonchev–Trinajstić information content (AvgIpc) is 3.28. The first kappa shape index (κ1) is 20.1. The van der Waals surface area contributed by atoms with Crippen molar-refractivity contribution in [3.8, 4) is 11.5 Å². The van der Waals surface area contributed by atoms with E-state index in [4.69, 9.17) is 4.74 Å². The van der Waals surface area contributed by atoms with E-state index in [9.17, 15) is 18.0 Å². The lowest BCUT2D eigenvalue weighted by atomic mass is 10.1. The number of halogens is 3. The second-order valence-corrected chi connectivity index (χ2v) is 8.46. The lowest BCUT2D eigenvalue weighted by molar-refractivity contribution is -0.137. The zero-order valence-electron chi connectivity index (χ0n) is 17.0. The van der Waals surface area contributed by atoms with Crippen LogP contribution in [-0.2, 0) is 17.5 Å². The van der Waals surface area contributed by atoms with Crippen molar-refractivity contribution >= 4 is 17.3 Å². The lowest BCUT2D eigenvalue weighted by Gasteiger charge is -2.31. The van der Waals surface area contributed by atoms with E-state index in [1.807, 2.05) is 6.07 Å². The number of likely N-dealkylation sites (tertiary alicyclic amines) is 2. The third-order valence-electron chi connectivity index (χ3n) is 6.31. The molecule has 0 saturated carbocycles. The van der Waals surface area contributed by atoms with Gasteiger partial charge in [0.05, 0.1) is 23.5 Å². The molecule has 2 aromatic rings. The number of piperazine rings is 1. The van der Waals surface area contributed by atoms with Gasteiger partial charge >= 0.3 is 6.18 Å². The predicted octanol–water partition coefficient (Wildman–Crippen LogP) is 3.56. The fourth-order valence-corrected chi connectivity index (χ4v) is 4.60.